The molecule has 0 unspecified atom stereocenters. The van der Waals surface area contributed by atoms with Crippen LogP contribution in [0.4, 0.5) is 0 Å². The number of amides is 1. The van der Waals surface area contributed by atoms with E-state index in [1.165, 1.54) is 32.2 Å². The number of nitrogens with zero attached hydrogens (tertiary/aromatic N) is 3. The number of thioether (sulfide) groups is 1. The van der Waals surface area contributed by atoms with Crippen LogP contribution in [0, 0.1) is 13.8 Å². The number of methoxy groups -OCH3 is 2. The first-order valence-corrected chi connectivity index (χ1v) is 8.97. The molecule has 0 saturated carbocycles. The second kappa shape index (κ2) is 9.40. The maximum absolute atomic E-state index is 11.9. The molecule has 0 aliphatic heterocycles. The van der Waals surface area contributed by atoms with E-state index in [4.69, 9.17) is 21.1 Å². The highest BCUT2D eigenvalue weighted by molar-refractivity contribution is 7.99. The Labute approximate surface area is 161 Å². The first kappa shape index (κ1) is 20.0. The summed E-state index contributed by atoms with van der Waals surface area (Å²) in [5.41, 5.74) is 4.76. The Balaban J connectivity index is 1.94. The lowest BCUT2D eigenvalue weighted by atomic mass is 10.2. The molecule has 0 radical (unpaired) electrons. The second-order valence-corrected chi connectivity index (χ2v) is 6.59. The molecule has 7 nitrogen and oxygen atoms in total. The molecule has 0 aliphatic rings. The summed E-state index contributed by atoms with van der Waals surface area (Å²) >= 11 is 7.41. The van der Waals surface area contributed by atoms with E-state index in [-0.39, 0.29) is 11.7 Å². The van der Waals surface area contributed by atoms with Crippen LogP contribution in [0.2, 0.25) is 5.02 Å². The van der Waals surface area contributed by atoms with Gasteiger partial charge in [0.1, 0.15) is 0 Å². The Morgan fingerprint density at radius 3 is 2.42 bits per heavy atom. The highest BCUT2D eigenvalue weighted by atomic mass is 35.5. The molecule has 0 bridgehead atoms. The van der Waals surface area contributed by atoms with Gasteiger partial charge in [0.2, 0.25) is 0 Å². The SMILES string of the molecule is COc1cc(Cl)c(/C=N\NC(=O)CSc2nc(C)cc(C)n2)cc1OC. The predicted octanol–water partition coefficient (Wildman–Crippen LogP) is 3.01. The number of carbonyl (C=O) groups excluding carboxylic acids is 1. The number of carbonyl (C=O) groups is 1. The van der Waals surface area contributed by atoms with Crippen molar-refractivity contribution in [1.82, 2.24) is 15.4 Å². The second-order valence-electron chi connectivity index (χ2n) is 5.24. The van der Waals surface area contributed by atoms with Gasteiger partial charge in [0.25, 0.3) is 5.91 Å². The number of ether oxygens (including phenoxy) is 2. The summed E-state index contributed by atoms with van der Waals surface area (Å²) in [4.78, 5) is 20.4. The molecule has 1 aromatic heterocycles. The molecule has 0 fully saturated rings. The third kappa shape index (κ3) is 5.60. The monoisotopic (exact) mass is 394 g/mol. The summed E-state index contributed by atoms with van der Waals surface area (Å²) in [5.74, 6) is 0.918. The fourth-order valence-corrected chi connectivity index (χ4v) is 3.01. The summed E-state index contributed by atoms with van der Waals surface area (Å²) < 4.78 is 10.4. The minimum Gasteiger partial charge on any atom is -0.493 e. The lowest BCUT2D eigenvalue weighted by molar-refractivity contribution is -0.118. The fraction of sp³-hybridized carbons (Fsp3) is 0.294. The summed E-state index contributed by atoms with van der Waals surface area (Å²) in [5, 5.41) is 4.91. The molecular weight excluding hydrogens is 376 g/mol. The number of hydrazone groups is 1. The van der Waals surface area contributed by atoms with E-state index in [1.807, 2.05) is 19.9 Å². The van der Waals surface area contributed by atoms with Gasteiger partial charge in [-0.2, -0.15) is 5.10 Å². The third-order valence-corrected chi connectivity index (χ3v) is 4.36. The largest absolute Gasteiger partial charge is 0.493 e. The highest BCUT2D eigenvalue weighted by Crippen LogP contribution is 2.32. The quantitative estimate of drug-likeness (QED) is 0.336. The summed E-state index contributed by atoms with van der Waals surface area (Å²) in [6, 6.07) is 5.17. The van der Waals surface area contributed by atoms with Crippen LogP contribution >= 0.6 is 23.4 Å². The number of benzene rings is 1. The molecule has 0 atom stereocenters. The average Bonchev–Trinajstić information content (AvgIpc) is 2.60. The number of nitrogens with one attached hydrogen (secondary N) is 1. The van der Waals surface area contributed by atoms with E-state index in [0.29, 0.717) is 27.2 Å². The Bertz CT molecular complexity index is 810. The maximum atomic E-state index is 11.9. The van der Waals surface area contributed by atoms with E-state index in [9.17, 15) is 4.79 Å². The molecule has 1 aromatic carbocycles. The first-order chi connectivity index (χ1) is 12.4. The normalized spacial score (nSPS) is 10.8. The summed E-state index contributed by atoms with van der Waals surface area (Å²) in [7, 11) is 3.06. The van der Waals surface area contributed by atoms with Crippen molar-refractivity contribution in [2.75, 3.05) is 20.0 Å². The smallest absolute Gasteiger partial charge is 0.250 e. The summed E-state index contributed by atoms with van der Waals surface area (Å²) in [6.07, 6.45) is 1.44. The molecule has 2 rings (SSSR count). The zero-order valence-corrected chi connectivity index (χ0v) is 16.4. The van der Waals surface area contributed by atoms with Gasteiger partial charge in [0.05, 0.1) is 31.2 Å². The average molecular weight is 395 g/mol. The molecule has 1 amide bonds. The van der Waals surface area contributed by atoms with E-state index < -0.39 is 0 Å². The number of aromatic nitrogens is 2. The van der Waals surface area contributed by atoms with Crippen LogP contribution in [-0.4, -0.2) is 42.1 Å². The maximum Gasteiger partial charge on any atom is 0.250 e. The number of hydrogen-bond donors (Lipinski definition) is 1. The Hall–Kier alpha value is -2.32. The van der Waals surface area contributed by atoms with Gasteiger partial charge in [-0.25, -0.2) is 15.4 Å². The number of hydrogen-bond acceptors (Lipinski definition) is 7. The van der Waals surface area contributed by atoms with Crippen molar-refractivity contribution in [2.45, 2.75) is 19.0 Å². The van der Waals surface area contributed by atoms with Crippen molar-refractivity contribution in [1.29, 1.82) is 0 Å². The predicted molar refractivity (Wildman–Crippen MR) is 103 cm³/mol. The molecule has 0 spiro atoms. The van der Waals surface area contributed by atoms with Crippen LogP contribution in [-0.2, 0) is 4.79 Å². The van der Waals surface area contributed by atoms with Gasteiger partial charge in [-0.1, -0.05) is 23.4 Å². The minimum atomic E-state index is -0.273. The van der Waals surface area contributed by atoms with Crippen LogP contribution in [0.5, 0.6) is 11.5 Å². The van der Waals surface area contributed by atoms with E-state index in [0.717, 1.165) is 11.4 Å². The highest BCUT2D eigenvalue weighted by Gasteiger charge is 2.09. The van der Waals surface area contributed by atoms with Crippen molar-refractivity contribution >= 4 is 35.5 Å². The molecule has 0 aliphatic carbocycles. The molecule has 1 N–H and O–H groups in total. The van der Waals surface area contributed by atoms with Gasteiger partial charge in [-0.05, 0) is 26.0 Å². The van der Waals surface area contributed by atoms with E-state index >= 15 is 0 Å². The lowest BCUT2D eigenvalue weighted by Gasteiger charge is -2.09. The van der Waals surface area contributed by atoms with Crippen molar-refractivity contribution in [3.8, 4) is 11.5 Å². The summed E-state index contributed by atoms with van der Waals surface area (Å²) in [6.45, 7) is 3.77. The van der Waals surface area contributed by atoms with Crippen LogP contribution < -0.4 is 14.9 Å². The van der Waals surface area contributed by atoms with Gasteiger partial charge in [0.15, 0.2) is 16.7 Å². The molecule has 0 saturated heterocycles. The number of rotatable bonds is 7. The van der Waals surface area contributed by atoms with Crippen LogP contribution in [0.15, 0.2) is 28.5 Å². The molecular formula is C17H19ClN4O3S. The van der Waals surface area contributed by atoms with Gasteiger partial charge in [-0.15, -0.1) is 0 Å². The number of aryl methyl sites for hydroxylation is 2. The van der Waals surface area contributed by atoms with Gasteiger partial charge >= 0.3 is 0 Å². The standard InChI is InChI=1S/C17H19ClN4O3S/c1-10-5-11(2)21-17(20-10)26-9-16(23)22-19-8-12-6-14(24-3)15(25-4)7-13(12)18/h5-8H,9H2,1-4H3,(H,22,23)/b19-8-. The Kier molecular flexibility index (Phi) is 7.23. The Morgan fingerprint density at radius 2 is 1.81 bits per heavy atom. The van der Waals surface area contributed by atoms with E-state index in [1.54, 1.807) is 12.1 Å². The third-order valence-electron chi connectivity index (χ3n) is 3.19. The van der Waals surface area contributed by atoms with Gasteiger partial charge < -0.3 is 9.47 Å². The van der Waals surface area contributed by atoms with Gasteiger partial charge in [-0.3, -0.25) is 4.79 Å². The van der Waals surface area contributed by atoms with Crippen LogP contribution in [0.3, 0.4) is 0 Å². The molecule has 9 heteroatoms. The topological polar surface area (TPSA) is 85.7 Å². The molecule has 26 heavy (non-hydrogen) atoms. The van der Waals surface area contributed by atoms with Crippen molar-refractivity contribution in [3.05, 3.63) is 40.2 Å². The molecule has 1 heterocycles. The van der Waals surface area contributed by atoms with E-state index in [2.05, 4.69) is 20.5 Å². The fourth-order valence-electron chi connectivity index (χ4n) is 2.06. The van der Waals surface area contributed by atoms with Crippen LogP contribution in [0.1, 0.15) is 17.0 Å². The van der Waals surface area contributed by atoms with Crippen molar-refractivity contribution in [3.63, 3.8) is 0 Å². The molecule has 138 valence electrons. The van der Waals surface area contributed by atoms with Crippen molar-refractivity contribution < 1.29 is 14.3 Å². The van der Waals surface area contributed by atoms with Gasteiger partial charge in [0, 0.05) is 23.0 Å². The number of halogens is 1. The zero-order valence-electron chi connectivity index (χ0n) is 14.9. The first-order valence-electron chi connectivity index (χ1n) is 7.61. The molecule has 2 aromatic rings. The van der Waals surface area contributed by atoms with Crippen LogP contribution in [0.25, 0.3) is 0 Å². The zero-order chi connectivity index (χ0) is 19.1. The Morgan fingerprint density at radius 1 is 1.19 bits per heavy atom. The minimum absolute atomic E-state index is 0.153. The lowest BCUT2D eigenvalue weighted by Crippen LogP contribution is -2.19. The van der Waals surface area contributed by atoms with Crippen molar-refractivity contribution in [2.24, 2.45) is 5.10 Å².